The van der Waals surface area contributed by atoms with Crippen LogP contribution in [-0.4, -0.2) is 25.5 Å². The fraction of sp³-hybridized carbons (Fsp3) is 0.143. The van der Waals surface area contributed by atoms with E-state index in [-0.39, 0.29) is 24.2 Å². The predicted molar refractivity (Wildman–Crippen MR) is 107 cm³/mol. The van der Waals surface area contributed by atoms with Gasteiger partial charge in [-0.25, -0.2) is 18.1 Å². The van der Waals surface area contributed by atoms with Gasteiger partial charge in [0.1, 0.15) is 24.0 Å². The van der Waals surface area contributed by atoms with Gasteiger partial charge in [-0.1, -0.05) is 18.2 Å². The van der Waals surface area contributed by atoms with E-state index >= 15 is 0 Å². The van der Waals surface area contributed by atoms with Crippen LogP contribution in [0.4, 0.5) is 14.6 Å². The number of rotatable bonds is 5. The van der Waals surface area contributed by atoms with Crippen molar-refractivity contribution in [3.05, 3.63) is 88.0 Å². The third-order valence-corrected chi connectivity index (χ3v) is 4.66. The summed E-state index contributed by atoms with van der Waals surface area (Å²) in [5.74, 6) is -1.31. The van der Waals surface area contributed by atoms with Crippen LogP contribution in [0.15, 0.2) is 59.7 Å². The molecule has 30 heavy (non-hydrogen) atoms. The van der Waals surface area contributed by atoms with E-state index in [0.717, 1.165) is 22.9 Å². The monoisotopic (exact) mass is 409 g/mol. The van der Waals surface area contributed by atoms with Crippen LogP contribution in [0.5, 0.6) is 0 Å². The summed E-state index contributed by atoms with van der Waals surface area (Å²) in [5, 5.41) is 12.0. The minimum Gasteiger partial charge on any atom is -0.309 e. The number of nitrogens with one attached hydrogen (secondary N) is 1. The maximum absolute atomic E-state index is 14.0. The molecular formula is C21H17F2N5O2. The van der Waals surface area contributed by atoms with E-state index < -0.39 is 17.5 Å². The maximum atomic E-state index is 14.0. The molecule has 0 atom stereocenters. The molecule has 0 saturated carbocycles. The second-order valence-electron chi connectivity index (χ2n) is 6.81. The van der Waals surface area contributed by atoms with Crippen LogP contribution < -0.4 is 10.9 Å². The molecule has 152 valence electrons. The van der Waals surface area contributed by atoms with Gasteiger partial charge in [-0.05, 0) is 31.2 Å². The number of aryl methyl sites for hydroxylation is 1. The predicted octanol–water partition coefficient (Wildman–Crippen LogP) is 2.87. The zero-order valence-corrected chi connectivity index (χ0v) is 16.0. The van der Waals surface area contributed by atoms with Crippen molar-refractivity contribution in [2.75, 3.05) is 5.32 Å². The first-order valence-electron chi connectivity index (χ1n) is 9.13. The second-order valence-corrected chi connectivity index (χ2v) is 6.81. The van der Waals surface area contributed by atoms with Crippen molar-refractivity contribution >= 4 is 22.5 Å². The molecule has 2 aromatic carbocycles. The van der Waals surface area contributed by atoms with E-state index in [0.29, 0.717) is 22.2 Å². The lowest BCUT2D eigenvalue weighted by atomic mass is 10.2. The average molecular weight is 409 g/mol. The fourth-order valence-corrected chi connectivity index (χ4v) is 3.14. The average Bonchev–Trinajstić information content (AvgIpc) is 3.06. The number of benzene rings is 2. The Labute approximate surface area is 169 Å². The van der Waals surface area contributed by atoms with Gasteiger partial charge in [0.2, 0.25) is 5.91 Å². The standard InChI is InChI=1S/C21H17F2N5O2/c1-13-9-24-27(11-15-8-16(22)6-7-18(15)23)20(13)26-19(29)12-28-21(30)17-5-3-2-4-14(17)10-25-28/h2-10H,11-12H2,1H3,(H,26,29). The normalized spacial score (nSPS) is 11.0. The summed E-state index contributed by atoms with van der Waals surface area (Å²) >= 11 is 0. The molecule has 2 aromatic heterocycles. The van der Waals surface area contributed by atoms with E-state index in [2.05, 4.69) is 15.5 Å². The van der Waals surface area contributed by atoms with Crippen molar-refractivity contribution in [3.63, 3.8) is 0 Å². The van der Waals surface area contributed by atoms with Crippen LogP contribution in [0.2, 0.25) is 0 Å². The SMILES string of the molecule is Cc1cnn(Cc2cc(F)ccc2F)c1NC(=O)Cn1ncc2ccccc2c1=O. The molecule has 0 bridgehead atoms. The summed E-state index contributed by atoms with van der Waals surface area (Å²) < 4.78 is 29.9. The number of aromatic nitrogens is 4. The summed E-state index contributed by atoms with van der Waals surface area (Å²) in [4.78, 5) is 25.1. The molecule has 1 N–H and O–H groups in total. The van der Waals surface area contributed by atoms with Gasteiger partial charge in [-0.3, -0.25) is 9.59 Å². The quantitative estimate of drug-likeness (QED) is 0.550. The molecule has 0 aliphatic heterocycles. The van der Waals surface area contributed by atoms with E-state index in [1.165, 1.54) is 17.1 Å². The summed E-state index contributed by atoms with van der Waals surface area (Å²) in [6.45, 7) is 1.35. The molecule has 0 aliphatic carbocycles. The van der Waals surface area contributed by atoms with E-state index in [1.54, 1.807) is 31.2 Å². The van der Waals surface area contributed by atoms with Crippen LogP contribution in [-0.2, 0) is 17.9 Å². The first-order chi connectivity index (χ1) is 14.4. The van der Waals surface area contributed by atoms with Crippen LogP contribution in [0, 0.1) is 18.6 Å². The largest absolute Gasteiger partial charge is 0.309 e. The van der Waals surface area contributed by atoms with E-state index in [4.69, 9.17) is 0 Å². The van der Waals surface area contributed by atoms with Gasteiger partial charge in [0, 0.05) is 16.5 Å². The Kier molecular flexibility index (Phi) is 5.09. The number of halogens is 2. The molecule has 0 aliphatic rings. The first kappa shape index (κ1) is 19.4. The lowest BCUT2D eigenvalue weighted by Gasteiger charge is -2.12. The lowest BCUT2D eigenvalue weighted by Crippen LogP contribution is -2.30. The fourth-order valence-electron chi connectivity index (χ4n) is 3.14. The highest BCUT2D eigenvalue weighted by atomic mass is 19.1. The minimum absolute atomic E-state index is 0.0682. The summed E-state index contributed by atoms with van der Waals surface area (Å²) in [5.41, 5.74) is 0.357. The zero-order valence-electron chi connectivity index (χ0n) is 16.0. The minimum atomic E-state index is -0.575. The van der Waals surface area contributed by atoms with Gasteiger partial charge in [0.05, 0.1) is 24.3 Å². The molecule has 0 radical (unpaired) electrons. The van der Waals surface area contributed by atoms with Gasteiger partial charge in [0.15, 0.2) is 0 Å². The third kappa shape index (κ3) is 3.82. The Morgan fingerprint density at radius 3 is 2.67 bits per heavy atom. The number of carbonyl (C=O) groups excluding carboxylic acids is 1. The Balaban J connectivity index is 1.56. The molecule has 0 spiro atoms. The Morgan fingerprint density at radius 2 is 1.83 bits per heavy atom. The molecule has 2 heterocycles. The Morgan fingerprint density at radius 1 is 1.07 bits per heavy atom. The lowest BCUT2D eigenvalue weighted by molar-refractivity contribution is -0.117. The molecule has 0 saturated heterocycles. The smallest absolute Gasteiger partial charge is 0.275 e. The van der Waals surface area contributed by atoms with Crippen molar-refractivity contribution in [1.29, 1.82) is 0 Å². The highest BCUT2D eigenvalue weighted by molar-refractivity contribution is 5.90. The van der Waals surface area contributed by atoms with Crippen LogP contribution in [0.3, 0.4) is 0 Å². The van der Waals surface area contributed by atoms with Gasteiger partial charge in [-0.15, -0.1) is 0 Å². The topological polar surface area (TPSA) is 81.8 Å². The van der Waals surface area contributed by atoms with Crippen LogP contribution in [0.1, 0.15) is 11.1 Å². The van der Waals surface area contributed by atoms with Crippen molar-refractivity contribution < 1.29 is 13.6 Å². The van der Waals surface area contributed by atoms with Crippen molar-refractivity contribution in [3.8, 4) is 0 Å². The van der Waals surface area contributed by atoms with Crippen LogP contribution in [0.25, 0.3) is 10.8 Å². The molecule has 4 aromatic rings. The summed E-state index contributed by atoms with van der Waals surface area (Å²) in [6.07, 6.45) is 3.03. The van der Waals surface area contributed by atoms with Gasteiger partial charge >= 0.3 is 0 Å². The molecule has 7 nitrogen and oxygen atoms in total. The Hall–Kier alpha value is -3.88. The summed E-state index contributed by atoms with van der Waals surface area (Å²) in [7, 11) is 0. The number of fused-ring (bicyclic) bond motifs is 1. The molecule has 4 rings (SSSR count). The Bertz CT molecular complexity index is 1310. The number of anilines is 1. The van der Waals surface area contributed by atoms with Crippen molar-refractivity contribution in [1.82, 2.24) is 19.6 Å². The summed E-state index contributed by atoms with van der Waals surface area (Å²) in [6, 6.07) is 10.1. The van der Waals surface area contributed by atoms with Crippen molar-refractivity contribution in [2.45, 2.75) is 20.0 Å². The molecular weight excluding hydrogens is 392 g/mol. The number of hydrogen-bond donors (Lipinski definition) is 1. The second kappa shape index (κ2) is 7.86. The molecule has 0 fully saturated rings. The van der Waals surface area contributed by atoms with E-state index in [9.17, 15) is 18.4 Å². The highest BCUT2D eigenvalue weighted by Gasteiger charge is 2.15. The van der Waals surface area contributed by atoms with Crippen molar-refractivity contribution in [2.24, 2.45) is 0 Å². The molecule has 0 unspecified atom stereocenters. The third-order valence-electron chi connectivity index (χ3n) is 4.66. The van der Waals surface area contributed by atoms with Crippen LogP contribution >= 0.6 is 0 Å². The number of carbonyl (C=O) groups is 1. The van der Waals surface area contributed by atoms with E-state index in [1.807, 2.05) is 0 Å². The van der Waals surface area contributed by atoms with Gasteiger partial charge < -0.3 is 5.32 Å². The maximum Gasteiger partial charge on any atom is 0.275 e. The zero-order chi connectivity index (χ0) is 21.3. The molecule has 9 heteroatoms. The number of amides is 1. The molecule has 1 amide bonds. The number of hydrogen-bond acceptors (Lipinski definition) is 4. The van der Waals surface area contributed by atoms with Gasteiger partial charge in [0.25, 0.3) is 5.56 Å². The highest BCUT2D eigenvalue weighted by Crippen LogP contribution is 2.18. The number of nitrogens with zero attached hydrogens (tertiary/aromatic N) is 4. The first-order valence-corrected chi connectivity index (χ1v) is 9.13. The van der Waals surface area contributed by atoms with Gasteiger partial charge in [-0.2, -0.15) is 10.2 Å².